The van der Waals surface area contributed by atoms with Crippen molar-refractivity contribution in [2.24, 2.45) is 0 Å². The monoisotopic (exact) mass is 440 g/mol. The normalized spacial score (nSPS) is 20.2. The molecule has 0 bridgehead atoms. The van der Waals surface area contributed by atoms with Crippen LogP contribution in [0.1, 0.15) is 32.4 Å². The first kappa shape index (κ1) is 22.0. The fourth-order valence-corrected chi connectivity index (χ4v) is 3.49. The molecule has 0 spiro atoms. The van der Waals surface area contributed by atoms with Crippen LogP contribution < -0.4 is 10.4 Å². The van der Waals surface area contributed by atoms with Crippen molar-refractivity contribution >= 4 is 27.3 Å². The minimum atomic E-state index is -4.84. The summed E-state index contributed by atoms with van der Waals surface area (Å²) in [5.74, 6) is -0.577. The number of esters is 1. The minimum Gasteiger partial charge on any atom is -0.482 e. The Morgan fingerprint density at radius 3 is 2.57 bits per heavy atom. The second-order valence-corrected chi connectivity index (χ2v) is 8.41. The Kier molecular flexibility index (Phi) is 5.74. The number of hydrogen-bond donors (Lipinski definition) is 2. The van der Waals surface area contributed by atoms with Crippen LogP contribution in [0, 0.1) is 0 Å². The zero-order valence-corrected chi connectivity index (χ0v) is 17.1. The largest absolute Gasteiger partial charge is 0.482 e. The molecule has 0 saturated heterocycles. The van der Waals surface area contributed by atoms with Crippen LogP contribution in [-0.2, 0) is 24.1 Å². The molecule has 0 saturated carbocycles. The molecule has 2 heterocycles. The van der Waals surface area contributed by atoms with E-state index in [1.54, 1.807) is 26.0 Å². The second-order valence-electron chi connectivity index (χ2n) is 7.31. The van der Waals surface area contributed by atoms with Crippen LogP contribution in [0.5, 0.6) is 5.75 Å². The molecule has 1 aliphatic rings. The van der Waals surface area contributed by atoms with E-state index in [-0.39, 0.29) is 16.9 Å². The first-order chi connectivity index (χ1) is 13.9. The molecule has 11 heteroatoms. The van der Waals surface area contributed by atoms with Gasteiger partial charge < -0.3 is 19.0 Å². The summed E-state index contributed by atoms with van der Waals surface area (Å²) < 4.78 is 51.5. The molecule has 0 amide bonds. The van der Waals surface area contributed by atoms with Crippen LogP contribution in [0.2, 0.25) is 0 Å². The summed E-state index contributed by atoms with van der Waals surface area (Å²) in [5.41, 5.74) is -1.72. The molecule has 1 aromatic carbocycles. The summed E-state index contributed by atoms with van der Waals surface area (Å²) in [6.45, 7) is 3.67. The van der Waals surface area contributed by atoms with E-state index in [2.05, 4.69) is 4.18 Å². The number of allylic oxidation sites excluding steroid dienone is 1. The van der Waals surface area contributed by atoms with Crippen molar-refractivity contribution in [3.05, 3.63) is 51.9 Å². The Morgan fingerprint density at radius 2 is 1.93 bits per heavy atom. The number of aliphatic hydroxyl groups is 1. The van der Waals surface area contributed by atoms with Crippen molar-refractivity contribution in [1.29, 1.82) is 0 Å². The molecule has 2 N–H and O–H groups in total. The minimum absolute atomic E-state index is 0.101. The molecule has 0 fully saturated rings. The van der Waals surface area contributed by atoms with Crippen molar-refractivity contribution in [3.63, 3.8) is 0 Å². The summed E-state index contributed by atoms with van der Waals surface area (Å²) in [6.07, 6.45) is -1.38. The smallest absolute Gasteiger partial charge is 0.397 e. The number of carbonyl (C=O) groups excluding carboxylic acids is 1. The predicted octanol–water partition coefficient (Wildman–Crippen LogP) is 1.67. The van der Waals surface area contributed by atoms with Gasteiger partial charge in [0.05, 0.1) is 5.56 Å². The lowest BCUT2D eigenvalue weighted by Crippen LogP contribution is -2.49. The van der Waals surface area contributed by atoms with Crippen molar-refractivity contribution in [1.82, 2.24) is 0 Å². The molecule has 3 atom stereocenters. The predicted molar refractivity (Wildman–Crippen MR) is 103 cm³/mol. The molecule has 0 radical (unpaired) electrons. The Bertz CT molecular complexity index is 1170. The van der Waals surface area contributed by atoms with Crippen LogP contribution in [0.4, 0.5) is 0 Å². The van der Waals surface area contributed by atoms with E-state index in [4.69, 9.17) is 18.4 Å². The quantitative estimate of drug-likeness (QED) is 0.294. The van der Waals surface area contributed by atoms with Gasteiger partial charge in [-0.3, -0.25) is 4.55 Å². The number of fused-ring (bicyclic) bond motifs is 3. The molecule has 10 nitrogen and oxygen atoms in total. The average Bonchev–Trinajstić information content (AvgIpc) is 2.98. The fraction of sp³-hybridized carbons (Fsp3) is 0.368. The van der Waals surface area contributed by atoms with Crippen molar-refractivity contribution in [3.8, 4) is 5.75 Å². The van der Waals surface area contributed by atoms with Crippen molar-refractivity contribution < 1.29 is 40.9 Å². The highest BCUT2D eigenvalue weighted by atomic mass is 32.3. The molecule has 30 heavy (non-hydrogen) atoms. The van der Waals surface area contributed by atoms with Crippen LogP contribution in [-0.4, -0.2) is 42.4 Å². The van der Waals surface area contributed by atoms with E-state index in [1.165, 1.54) is 25.1 Å². The summed E-state index contributed by atoms with van der Waals surface area (Å²) in [5, 5.41) is 11.3. The lowest BCUT2D eigenvalue weighted by atomic mass is 9.92. The Hall–Kier alpha value is -2.73. The van der Waals surface area contributed by atoms with Crippen LogP contribution in [0.3, 0.4) is 0 Å². The topological polar surface area (TPSA) is 150 Å². The molecule has 3 rings (SSSR count). The fourth-order valence-electron chi connectivity index (χ4n) is 3.10. The van der Waals surface area contributed by atoms with Crippen LogP contribution in [0.15, 0.2) is 45.1 Å². The lowest BCUT2D eigenvalue weighted by Gasteiger charge is -2.31. The van der Waals surface area contributed by atoms with E-state index < -0.39 is 46.4 Å². The maximum atomic E-state index is 12.3. The van der Waals surface area contributed by atoms with Gasteiger partial charge in [-0.2, -0.15) is 8.42 Å². The molecule has 1 aliphatic heterocycles. The second kappa shape index (κ2) is 7.84. The van der Waals surface area contributed by atoms with Gasteiger partial charge in [-0.25, -0.2) is 13.8 Å². The molecule has 0 aliphatic carbocycles. The Balaban J connectivity index is 2.09. The summed E-state index contributed by atoms with van der Waals surface area (Å²) in [7, 11) is -4.84. The van der Waals surface area contributed by atoms with Gasteiger partial charge in [-0.05, 0) is 39.0 Å². The number of benzene rings is 1. The van der Waals surface area contributed by atoms with Crippen LogP contribution in [0.25, 0.3) is 11.0 Å². The van der Waals surface area contributed by atoms with Gasteiger partial charge in [0.1, 0.15) is 23.5 Å². The maximum absolute atomic E-state index is 12.3. The lowest BCUT2D eigenvalue weighted by molar-refractivity contribution is -0.158. The molecule has 3 unspecified atom stereocenters. The van der Waals surface area contributed by atoms with Gasteiger partial charge in [-0.15, -0.1) is 0 Å². The van der Waals surface area contributed by atoms with Gasteiger partial charge in [0.2, 0.25) is 0 Å². The molecular weight excluding hydrogens is 420 g/mol. The van der Waals surface area contributed by atoms with Crippen molar-refractivity contribution in [2.75, 3.05) is 6.61 Å². The standard InChI is InChI=1S/C19H20O10S/c1-10(2)8-14(21)29-17-15-12(6-4-11-5-7-13(20)28-16(11)15)27-18(17)19(3,22)9-26-30(23,24)25/h4-8,17-18,22H,9H2,1-3H3,(H,23,24,25). The maximum Gasteiger partial charge on any atom is 0.397 e. The van der Waals surface area contributed by atoms with E-state index in [0.29, 0.717) is 11.0 Å². The summed E-state index contributed by atoms with van der Waals surface area (Å²) in [6, 6.07) is 5.89. The number of rotatable bonds is 6. The third-order valence-corrected chi connectivity index (χ3v) is 4.78. The van der Waals surface area contributed by atoms with E-state index in [1.807, 2.05) is 0 Å². The van der Waals surface area contributed by atoms with Gasteiger partial charge in [-0.1, -0.05) is 5.57 Å². The van der Waals surface area contributed by atoms with Gasteiger partial charge in [0.25, 0.3) is 0 Å². The average molecular weight is 440 g/mol. The zero-order valence-electron chi connectivity index (χ0n) is 16.3. The highest BCUT2D eigenvalue weighted by Gasteiger charge is 2.50. The third kappa shape index (κ3) is 4.70. The highest BCUT2D eigenvalue weighted by Crippen LogP contribution is 2.46. The van der Waals surface area contributed by atoms with E-state index in [0.717, 1.165) is 0 Å². The zero-order chi connectivity index (χ0) is 22.3. The number of ether oxygens (including phenoxy) is 2. The third-order valence-electron chi connectivity index (χ3n) is 4.36. The number of carbonyl (C=O) groups is 1. The molecule has 1 aromatic heterocycles. The van der Waals surface area contributed by atoms with E-state index in [9.17, 15) is 23.1 Å². The first-order valence-electron chi connectivity index (χ1n) is 8.80. The summed E-state index contributed by atoms with van der Waals surface area (Å²) >= 11 is 0. The Labute approximate surface area is 171 Å². The first-order valence-corrected chi connectivity index (χ1v) is 10.2. The molecular formula is C19H20O10S. The van der Waals surface area contributed by atoms with E-state index >= 15 is 0 Å². The van der Waals surface area contributed by atoms with Gasteiger partial charge in [0, 0.05) is 17.5 Å². The molecule has 2 aromatic rings. The van der Waals surface area contributed by atoms with Crippen LogP contribution >= 0.6 is 0 Å². The summed E-state index contributed by atoms with van der Waals surface area (Å²) in [4.78, 5) is 24.1. The molecule has 162 valence electrons. The van der Waals surface area contributed by atoms with Gasteiger partial charge >= 0.3 is 22.0 Å². The van der Waals surface area contributed by atoms with Gasteiger partial charge in [0.15, 0.2) is 12.2 Å². The van der Waals surface area contributed by atoms with Crippen molar-refractivity contribution in [2.45, 2.75) is 38.6 Å². The number of hydrogen-bond acceptors (Lipinski definition) is 9. The Morgan fingerprint density at radius 1 is 1.27 bits per heavy atom. The SMILES string of the molecule is CC(C)=CC(=O)OC1c2c(ccc3ccc(=O)oc23)OC1C(C)(O)COS(=O)(=O)O. The highest BCUT2D eigenvalue weighted by molar-refractivity contribution is 7.80.